The van der Waals surface area contributed by atoms with E-state index < -0.39 is 5.97 Å². The summed E-state index contributed by atoms with van der Waals surface area (Å²) in [7, 11) is 0. The summed E-state index contributed by atoms with van der Waals surface area (Å²) in [5.41, 5.74) is 1.02. The van der Waals surface area contributed by atoms with Crippen LogP contribution in [-0.2, 0) is 0 Å². The van der Waals surface area contributed by atoms with E-state index in [0.717, 1.165) is 12.2 Å². The predicted molar refractivity (Wildman–Crippen MR) is 74.5 cm³/mol. The number of carboxylic acids is 1. The van der Waals surface area contributed by atoms with Gasteiger partial charge in [-0.05, 0) is 37.7 Å². The first kappa shape index (κ1) is 13.2. The fourth-order valence-corrected chi connectivity index (χ4v) is 3.31. The summed E-state index contributed by atoms with van der Waals surface area (Å²) >= 11 is 1.99. The number of anilines is 1. The van der Waals surface area contributed by atoms with Crippen LogP contribution in [0.15, 0.2) is 12.1 Å². The smallest absolute Gasteiger partial charge is 0.335 e. The van der Waals surface area contributed by atoms with Crippen molar-refractivity contribution in [3.05, 3.63) is 23.4 Å². The van der Waals surface area contributed by atoms with Crippen molar-refractivity contribution < 1.29 is 9.90 Å². The van der Waals surface area contributed by atoms with E-state index in [1.165, 1.54) is 25.0 Å². The molecule has 2 N–H and O–H groups in total. The number of aryl methyl sites for hydroxylation is 1. The molecule has 0 saturated carbocycles. The van der Waals surface area contributed by atoms with Crippen LogP contribution in [-0.4, -0.2) is 33.6 Å². The number of hydrogen-bond acceptors (Lipinski definition) is 4. The Kier molecular flexibility index (Phi) is 4.47. The maximum Gasteiger partial charge on any atom is 0.335 e. The van der Waals surface area contributed by atoms with Crippen molar-refractivity contribution in [3.8, 4) is 0 Å². The Hall–Kier alpha value is -1.23. The number of hydrogen-bond donors (Lipinski definition) is 2. The molecule has 1 aliphatic rings. The Morgan fingerprint density at radius 3 is 3.06 bits per heavy atom. The Labute approximate surface area is 111 Å². The van der Waals surface area contributed by atoms with Crippen molar-refractivity contribution >= 4 is 23.5 Å². The molecule has 1 aromatic heterocycles. The van der Waals surface area contributed by atoms with Gasteiger partial charge in [-0.1, -0.05) is 6.42 Å². The molecule has 2 rings (SSSR count). The molecule has 0 spiro atoms. The van der Waals surface area contributed by atoms with Gasteiger partial charge in [0.2, 0.25) is 0 Å². The monoisotopic (exact) mass is 266 g/mol. The Morgan fingerprint density at radius 1 is 1.56 bits per heavy atom. The zero-order valence-electron chi connectivity index (χ0n) is 10.5. The van der Waals surface area contributed by atoms with Crippen molar-refractivity contribution in [3.63, 3.8) is 0 Å². The fourth-order valence-electron chi connectivity index (χ4n) is 2.07. The average molecular weight is 266 g/mol. The van der Waals surface area contributed by atoms with Gasteiger partial charge in [0.05, 0.1) is 5.56 Å². The zero-order chi connectivity index (χ0) is 13.0. The van der Waals surface area contributed by atoms with Gasteiger partial charge in [-0.25, -0.2) is 9.78 Å². The first-order valence-corrected chi connectivity index (χ1v) is 7.27. The molecule has 1 aromatic rings. The van der Waals surface area contributed by atoms with Gasteiger partial charge in [0.25, 0.3) is 0 Å². The first-order chi connectivity index (χ1) is 8.65. The number of nitrogens with zero attached hydrogens (tertiary/aromatic N) is 1. The molecule has 0 aliphatic carbocycles. The van der Waals surface area contributed by atoms with E-state index in [1.807, 2.05) is 18.7 Å². The number of aromatic carboxylic acids is 1. The maximum absolute atomic E-state index is 11.0. The molecule has 1 unspecified atom stereocenters. The van der Waals surface area contributed by atoms with Crippen molar-refractivity contribution in [1.29, 1.82) is 0 Å². The molecule has 1 aliphatic heterocycles. The summed E-state index contributed by atoms with van der Waals surface area (Å²) in [5, 5.41) is 12.9. The number of aromatic nitrogens is 1. The van der Waals surface area contributed by atoms with Crippen LogP contribution < -0.4 is 5.32 Å². The van der Waals surface area contributed by atoms with Crippen LogP contribution in [0.3, 0.4) is 0 Å². The van der Waals surface area contributed by atoms with E-state index >= 15 is 0 Å². The van der Waals surface area contributed by atoms with E-state index in [2.05, 4.69) is 10.3 Å². The summed E-state index contributed by atoms with van der Waals surface area (Å²) in [5.74, 6) is 0.989. The van der Waals surface area contributed by atoms with Gasteiger partial charge in [-0.15, -0.1) is 0 Å². The van der Waals surface area contributed by atoms with Crippen molar-refractivity contribution in [1.82, 2.24) is 4.98 Å². The van der Waals surface area contributed by atoms with Crippen molar-refractivity contribution in [2.24, 2.45) is 0 Å². The molecule has 1 saturated heterocycles. The van der Waals surface area contributed by atoms with Crippen LogP contribution >= 0.6 is 11.8 Å². The Morgan fingerprint density at radius 2 is 2.39 bits per heavy atom. The lowest BCUT2D eigenvalue weighted by Crippen LogP contribution is -2.20. The van der Waals surface area contributed by atoms with Gasteiger partial charge in [-0.3, -0.25) is 0 Å². The molecular formula is C13H18N2O2S. The van der Waals surface area contributed by atoms with Crippen LogP contribution in [0, 0.1) is 6.92 Å². The predicted octanol–water partition coefficient (Wildman–Crippen LogP) is 2.79. The first-order valence-electron chi connectivity index (χ1n) is 6.22. The topological polar surface area (TPSA) is 62.2 Å². The zero-order valence-corrected chi connectivity index (χ0v) is 11.3. The molecule has 98 valence electrons. The third kappa shape index (κ3) is 3.63. The average Bonchev–Trinajstić information content (AvgIpc) is 2.37. The lowest BCUT2D eigenvalue weighted by atomic mass is 10.2. The number of nitrogens with one attached hydrogen (secondary N) is 1. The summed E-state index contributed by atoms with van der Waals surface area (Å²) in [6, 6.07) is 3.19. The van der Waals surface area contributed by atoms with Crippen LogP contribution in [0.25, 0.3) is 0 Å². The van der Waals surface area contributed by atoms with Crippen LogP contribution in [0.1, 0.15) is 35.3 Å². The highest BCUT2D eigenvalue weighted by molar-refractivity contribution is 7.99. The minimum absolute atomic E-state index is 0.293. The minimum Gasteiger partial charge on any atom is -0.478 e. The van der Waals surface area contributed by atoms with Gasteiger partial charge in [0.15, 0.2) is 0 Å². The number of thioether (sulfide) groups is 1. The molecular weight excluding hydrogens is 248 g/mol. The van der Waals surface area contributed by atoms with Crippen LogP contribution in [0.2, 0.25) is 0 Å². The highest BCUT2D eigenvalue weighted by Crippen LogP contribution is 2.25. The molecule has 1 fully saturated rings. The minimum atomic E-state index is -0.907. The number of pyridine rings is 1. The van der Waals surface area contributed by atoms with Gasteiger partial charge in [-0.2, -0.15) is 11.8 Å². The largest absolute Gasteiger partial charge is 0.478 e. The van der Waals surface area contributed by atoms with Crippen molar-refractivity contribution in [2.75, 3.05) is 17.6 Å². The standard InChI is InChI=1S/C13H18N2O2S/c1-9-6-10(13(16)17)7-12(15-9)14-8-11-4-2-3-5-18-11/h6-7,11H,2-5,8H2,1H3,(H,14,15)(H,16,17). The molecule has 18 heavy (non-hydrogen) atoms. The van der Waals surface area contributed by atoms with Crippen LogP contribution in [0.4, 0.5) is 5.82 Å². The number of carboxylic acid groups (broad SMARTS) is 1. The normalized spacial score (nSPS) is 19.5. The molecule has 2 heterocycles. The van der Waals surface area contributed by atoms with Crippen LogP contribution in [0.5, 0.6) is 0 Å². The van der Waals surface area contributed by atoms with E-state index in [-0.39, 0.29) is 0 Å². The van der Waals surface area contributed by atoms with E-state index in [1.54, 1.807) is 12.1 Å². The molecule has 1 atom stereocenters. The summed E-state index contributed by atoms with van der Waals surface area (Å²) in [4.78, 5) is 15.3. The lowest BCUT2D eigenvalue weighted by Gasteiger charge is -2.21. The third-order valence-corrected chi connectivity index (χ3v) is 4.38. The molecule has 0 aromatic carbocycles. The van der Waals surface area contributed by atoms with Gasteiger partial charge in [0, 0.05) is 17.5 Å². The van der Waals surface area contributed by atoms with E-state index in [0.29, 0.717) is 16.6 Å². The number of rotatable bonds is 4. The summed E-state index contributed by atoms with van der Waals surface area (Å²) in [6.45, 7) is 2.67. The van der Waals surface area contributed by atoms with Crippen molar-refractivity contribution in [2.45, 2.75) is 31.4 Å². The lowest BCUT2D eigenvalue weighted by molar-refractivity contribution is 0.0696. The molecule has 0 amide bonds. The fraction of sp³-hybridized carbons (Fsp3) is 0.538. The molecule has 5 heteroatoms. The second-order valence-corrected chi connectivity index (χ2v) is 5.97. The highest BCUT2D eigenvalue weighted by Gasteiger charge is 2.14. The highest BCUT2D eigenvalue weighted by atomic mass is 32.2. The maximum atomic E-state index is 11.0. The molecule has 0 bridgehead atoms. The SMILES string of the molecule is Cc1cc(C(=O)O)cc(NCC2CCCCS2)n1. The second-order valence-electron chi connectivity index (χ2n) is 4.56. The summed E-state index contributed by atoms with van der Waals surface area (Å²) < 4.78 is 0. The second kappa shape index (κ2) is 6.09. The van der Waals surface area contributed by atoms with E-state index in [4.69, 9.17) is 5.11 Å². The third-order valence-electron chi connectivity index (χ3n) is 2.99. The quantitative estimate of drug-likeness (QED) is 0.877. The Bertz CT molecular complexity index is 431. The Balaban J connectivity index is 1.97. The van der Waals surface area contributed by atoms with E-state index in [9.17, 15) is 4.79 Å². The van der Waals surface area contributed by atoms with Gasteiger partial charge >= 0.3 is 5.97 Å². The van der Waals surface area contributed by atoms with Gasteiger partial charge < -0.3 is 10.4 Å². The molecule has 0 radical (unpaired) electrons. The summed E-state index contributed by atoms with van der Waals surface area (Å²) in [6.07, 6.45) is 3.84. The molecule has 4 nitrogen and oxygen atoms in total. The van der Waals surface area contributed by atoms with Gasteiger partial charge in [0.1, 0.15) is 5.82 Å². The number of carbonyl (C=O) groups is 1.